The quantitative estimate of drug-likeness (QED) is 0.570. The Morgan fingerprint density at radius 3 is 2.89 bits per heavy atom. The van der Waals surface area contributed by atoms with Gasteiger partial charge in [0.2, 0.25) is 0 Å². The smallest absolute Gasteiger partial charge is 0.305 e. The first-order chi connectivity index (χ1) is 4.31. The van der Waals surface area contributed by atoms with Crippen LogP contribution in [0.1, 0.15) is 12.8 Å². The highest BCUT2D eigenvalue weighted by atomic mass is 35.5. The topological polar surface area (TPSA) is 26.3 Å². The molecule has 2 nitrogen and oxygen atoms in total. The van der Waals surface area contributed by atoms with E-state index in [4.69, 9.17) is 11.6 Å². The Morgan fingerprint density at radius 2 is 2.44 bits per heavy atom. The van der Waals surface area contributed by atoms with Crippen molar-refractivity contribution < 1.29 is 9.53 Å². The first kappa shape index (κ1) is 8.50. The summed E-state index contributed by atoms with van der Waals surface area (Å²) in [5.41, 5.74) is 1.39. The molecule has 0 amide bonds. The normalized spacial score (nSPS) is 10.0. The number of carbonyl (C=O) groups excluding carboxylic acids is 1. The van der Waals surface area contributed by atoms with Crippen molar-refractivity contribution in [3.8, 4) is 0 Å². The molecule has 0 aromatic carbocycles. The Morgan fingerprint density at radius 1 is 1.78 bits per heavy atom. The molecular formula is C6H9ClO2. The summed E-state index contributed by atoms with van der Waals surface area (Å²) < 4.78 is 4.38. The number of allylic oxidation sites excluding steroid dienone is 1. The van der Waals surface area contributed by atoms with E-state index in [2.05, 4.69) is 4.74 Å². The molecule has 0 aliphatic heterocycles. The molecule has 0 unspecified atom stereocenters. The summed E-state index contributed by atoms with van der Waals surface area (Å²) >= 11 is 5.20. The first-order valence-electron chi connectivity index (χ1n) is 2.63. The first-order valence-corrected chi connectivity index (χ1v) is 3.07. The molecule has 0 fully saturated rings. The number of methoxy groups -OCH3 is 1. The van der Waals surface area contributed by atoms with Gasteiger partial charge >= 0.3 is 5.97 Å². The molecule has 0 aliphatic carbocycles. The van der Waals surface area contributed by atoms with Gasteiger partial charge in [-0.3, -0.25) is 4.79 Å². The van der Waals surface area contributed by atoms with Crippen LogP contribution in [-0.2, 0) is 9.53 Å². The highest BCUT2D eigenvalue weighted by Crippen LogP contribution is 1.93. The van der Waals surface area contributed by atoms with Crippen LogP contribution in [0.15, 0.2) is 11.6 Å². The van der Waals surface area contributed by atoms with Gasteiger partial charge in [0, 0.05) is 12.0 Å². The van der Waals surface area contributed by atoms with E-state index in [-0.39, 0.29) is 5.97 Å². The summed E-state index contributed by atoms with van der Waals surface area (Å²) in [6, 6.07) is 0. The molecule has 3 heteroatoms. The zero-order chi connectivity index (χ0) is 7.11. The second-order valence-electron chi connectivity index (χ2n) is 1.48. The van der Waals surface area contributed by atoms with Gasteiger partial charge in [0.15, 0.2) is 0 Å². The number of hydrogen-bond acceptors (Lipinski definition) is 2. The van der Waals surface area contributed by atoms with Gasteiger partial charge in [-0.1, -0.05) is 17.7 Å². The van der Waals surface area contributed by atoms with Crippen molar-refractivity contribution in [1.29, 1.82) is 0 Å². The van der Waals surface area contributed by atoms with Gasteiger partial charge < -0.3 is 4.74 Å². The fraction of sp³-hybridized carbons (Fsp3) is 0.500. The maximum Gasteiger partial charge on any atom is 0.305 e. The lowest BCUT2D eigenvalue weighted by Gasteiger charge is -1.92. The van der Waals surface area contributed by atoms with E-state index >= 15 is 0 Å². The van der Waals surface area contributed by atoms with Crippen LogP contribution in [0.4, 0.5) is 0 Å². The highest BCUT2D eigenvalue weighted by Gasteiger charge is 1.94. The Labute approximate surface area is 59.5 Å². The highest BCUT2D eigenvalue weighted by molar-refractivity contribution is 6.25. The number of hydrogen-bond donors (Lipinski definition) is 0. The number of halogens is 1. The maximum absolute atomic E-state index is 10.4. The lowest BCUT2D eigenvalue weighted by molar-refractivity contribution is -0.140. The second-order valence-corrected chi connectivity index (χ2v) is 1.73. The van der Waals surface area contributed by atoms with Gasteiger partial charge in [0.1, 0.15) is 0 Å². The third-order valence-corrected chi connectivity index (χ3v) is 1.01. The Balaban J connectivity index is 3.17. The molecular weight excluding hydrogens is 140 g/mol. The van der Waals surface area contributed by atoms with E-state index in [1.165, 1.54) is 12.6 Å². The molecule has 0 rings (SSSR count). The molecule has 0 spiro atoms. The third kappa shape index (κ3) is 5.37. The van der Waals surface area contributed by atoms with Crippen LogP contribution < -0.4 is 0 Å². The predicted octanol–water partition coefficient (Wildman–Crippen LogP) is 1.69. The fourth-order valence-corrected chi connectivity index (χ4v) is 0.492. The van der Waals surface area contributed by atoms with Gasteiger partial charge in [-0.15, -0.1) is 0 Å². The third-order valence-electron chi connectivity index (χ3n) is 0.832. The second kappa shape index (κ2) is 5.63. The molecule has 0 aromatic heterocycles. The van der Waals surface area contributed by atoms with Gasteiger partial charge in [0.25, 0.3) is 0 Å². The number of rotatable bonds is 3. The maximum atomic E-state index is 10.4. The Kier molecular flexibility index (Phi) is 5.32. The SMILES string of the molecule is COC(=O)CC/C=C/Cl. The van der Waals surface area contributed by atoms with E-state index in [0.717, 1.165) is 0 Å². The van der Waals surface area contributed by atoms with Crippen molar-refractivity contribution in [2.45, 2.75) is 12.8 Å². The van der Waals surface area contributed by atoms with Gasteiger partial charge in [0.05, 0.1) is 7.11 Å². The van der Waals surface area contributed by atoms with Crippen LogP contribution in [0.3, 0.4) is 0 Å². The molecule has 0 aromatic rings. The average molecular weight is 149 g/mol. The van der Waals surface area contributed by atoms with Crippen molar-refractivity contribution in [2.75, 3.05) is 7.11 Å². The van der Waals surface area contributed by atoms with Gasteiger partial charge in [-0.25, -0.2) is 0 Å². The summed E-state index contributed by atoms with van der Waals surface area (Å²) in [7, 11) is 1.37. The standard InChI is InChI=1S/C6H9ClO2/c1-9-6(8)4-2-3-5-7/h3,5H,2,4H2,1H3/b5-3+. The monoisotopic (exact) mass is 148 g/mol. The van der Waals surface area contributed by atoms with Crippen LogP contribution in [0, 0.1) is 0 Å². The van der Waals surface area contributed by atoms with E-state index in [9.17, 15) is 4.79 Å². The van der Waals surface area contributed by atoms with Crippen LogP contribution in [0.2, 0.25) is 0 Å². The van der Waals surface area contributed by atoms with Crippen LogP contribution in [0.25, 0.3) is 0 Å². The average Bonchev–Trinajstić information content (AvgIpc) is 1.89. The molecule has 0 saturated heterocycles. The van der Waals surface area contributed by atoms with E-state index in [1.807, 2.05) is 0 Å². The minimum atomic E-state index is -0.204. The van der Waals surface area contributed by atoms with Gasteiger partial charge in [-0.2, -0.15) is 0 Å². The van der Waals surface area contributed by atoms with Crippen molar-refractivity contribution in [2.24, 2.45) is 0 Å². The van der Waals surface area contributed by atoms with Crippen LogP contribution >= 0.6 is 11.6 Å². The lowest BCUT2D eigenvalue weighted by Crippen LogP contribution is -1.97. The molecule has 0 saturated carbocycles. The van der Waals surface area contributed by atoms with E-state index in [0.29, 0.717) is 12.8 Å². The summed E-state index contributed by atoms with van der Waals surface area (Å²) in [5.74, 6) is -0.204. The zero-order valence-electron chi connectivity index (χ0n) is 5.26. The summed E-state index contributed by atoms with van der Waals surface area (Å²) in [6.07, 6.45) is 2.76. The molecule has 0 atom stereocenters. The molecule has 9 heavy (non-hydrogen) atoms. The largest absolute Gasteiger partial charge is 0.469 e. The number of ether oxygens (including phenoxy) is 1. The predicted molar refractivity (Wildman–Crippen MR) is 36.2 cm³/mol. The van der Waals surface area contributed by atoms with Crippen LogP contribution in [-0.4, -0.2) is 13.1 Å². The fourth-order valence-electron chi connectivity index (χ4n) is 0.366. The minimum absolute atomic E-state index is 0.204. The molecule has 0 heterocycles. The minimum Gasteiger partial charge on any atom is -0.469 e. The van der Waals surface area contributed by atoms with Crippen molar-refractivity contribution in [3.05, 3.63) is 11.6 Å². The summed E-state index contributed by atoms with van der Waals surface area (Å²) in [5, 5.41) is 0. The Hall–Kier alpha value is -0.500. The summed E-state index contributed by atoms with van der Waals surface area (Å²) in [6.45, 7) is 0. The molecule has 0 N–H and O–H groups in total. The number of carbonyl (C=O) groups is 1. The van der Waals surface area contributed by atoms with Crippen LogP contribution in [0.5, 0.6) is 0 Å². The van der Waals surface area contributed by atoms with Crippen molar-refractivity contribution in [3.63, 3.8) is 0 Å². The molecule has 0 radical (unpaired) electrons. The van der Waals surface area contributed by atoms with Crippen molar-refractivity contribution in [1.82, 2.24) is 0 Å². The molecule has 0 bridgehead atoms. The number of esters is 1. The molecule has 52 valence electrons. The van der Waals surface area contributed by atoms with E-state index in [1.54, 1.807) is 6.08 Å². The van der Waals surface area contributed by atoms with Gasteiger partial charge in [-0.05, 0) is 6.42 Å². The lowest BCUT2D eigenvalue weighted by atomic mass is 10.3. The van der Waals surface area contributed by atoms with E-state index < -0.39 is 0 Å². The Bertz CT molecular complexity index is 110. The molecule has 0 aliphatic rings. The van der Waals surface area contributed by atoms with Crippen molar-refractivity contribution >= 4 is 17.6 Å². The zero-order valence-corrected chi connectivity index (χ0v) is 6.02. The summed E-state index contributed by atoms with van der Waals surface area (Å²) in [4.78, 5) is 10.4.